The van der Waals surface area contributed by atoms with Gasteiger partial charge < -0.3 is 4.90 Å². The van der Waals surface area contributed by atoms with Gasteiger partial charge in [0.05, 0.1) is 23.7 Å². The van der Waals surface area contributed by atoms with Gasteiger partial charge in [0, 0.05) is 18.6 Å². The van der Waals surface area contributed by atoms with E-state index in [0.717, 1.165) is 27.2 Å². The van der Waals surface area contributed by atoms with Crippen molar-refractivity contribution in [3.8, 4) is 0 Å². The van der Waals surface area contributed by atoms with Crippen molar-refractivity contribution < 1.29 is 9.59 Å². The van der Waals surface area contributed by atoms with E-state index in [0.29, 0.717) is 0 Å². The Kier molecular flexibility index (Phi) is 3.60. The summed E-state index contributed by atoms with van der Waals surface area (Å²) in [5.74, 6) is -0.278. The lowest BCUT2D eigenvalue weighted by Gasteiger charge is -2.15. The maximum atomic E-state index is 12.6. The van der Waals surface area contributed by atoms with Gasteiger partial charge in [0.25, 0.3) is 11.8 Å². The summed E-state index contributed by atoms with van der Waals surface area (Å²) in [6.45, 7) is 0. The SMILES string of the molecule is CN(C)c1ccc(/C=N\N2C(=O)[C@@H]3[C@H](C2=O)[C@@H]2C=C[C@H]3C2)cc1Br. The first-order valence-electron chi connectivity index (χ1n) is 8.04. The molecule has 3 aliphatic rings. The number of imide groups is 1. The van der Waals surface area contributed by atoms with Gasteiger partial charge in [-0.25, -0.2) is 0 Å². The van der Waals surface area contributed by atoms with Gasteiger partial charge in [-0.1, -0.05) is 18.2 Å². The minimum absolute atomic E-state index is 0.151. The number of halogens is 1. The number of hydrogen-bond donors (Lipinski definition) is 0. The van der Waals surface area contributed by atoms with Crippen LogP contribution in [0.25, 0.3) is 0 Å². The van der Waals surface area contributed by atoms with E-state index in [4.69, 9.17) is 0 Å². The largest absolute Gasteiger partial charge is 0.377 e. The summed E-state index contributed by atoms with van der Waals surface area (Å²) in [4.78, 5) is 27.1. The molecular weight excluding hydrogens is 370 g/mol. The first-order valence-corrected chi connectivity index (χ1v) is 8.83. The zero-order valence-corrected chi connectivity index (χ0v) is 15.1. The molecule has 0 unspecified atom stereocenters. The number of nitrogens with zero attached hydrogens (tertiary/aromatic N) is 3. The number of fused-ring (bicyclic) bond motifs is 5. The Balaban J connectivity index is 1.56. The van der Waals surface area contributed by atoms with E-state index in [1.54, 1.807) is 6.21 Å². The normalized spacial score (nSPS) is 30.7. The Morgan fingerprint density at radius 3 is 2.33 bits per heavy atom. The first kappa shape index (κ1) is 15.6. The average Bonchev–Trinajstić information content (AvgIpc) is 3.20. The van der Waals surface area contributed by atoms with Gasteiger partial charge in [0.15, 0.2) is 0 Å². The van der Waals surface area contributed by atoms with Crippen molar-refractivity contribution in [2.45, 2.75) is 6.42 Å². The smallest absolute Gasteiger partial charge is 0.254 e. The number of allylic oxidation sites excluding steroid dienone is 2. The summed E-state index contributed by atoms with van der Waals surface area (Å²) in [6.07, 6.45) is 6.68. The molecule has 1 aliphatic heterocycles. The van der Waals surface area contributed by atoms with E-state index in [1.165, 1.54) is 0 Å². The third kappa shape index (κ3) is 2.24. The Bertz CT molecular complexity index is 756. The van der Waals surface area contributed by atoms with Gasteiger partial charge in [-0.15, -0.1) is 0 Å². The number of hydrogen-bond acceptors (Lipinski definition) is 4. The van der Waals surface area contributed by atoms with Crippen molar-refractivity contribution in [2.24, 2.45) is 28.8 Å². The lowest BCUT2D eigenvalue weighted by atomic mass is 9.85. The number of hydrazone groups is 1. The quantitative estimate of drug-likeness (QED) is 0.455. The molecule has 2 bridgehead atoms. The molecule has 5 nitrogen and oxygen atoms in total. The molecule has 1 saturated heterocycles. The van der Waals surface area contributed by atoms with Crippen LogP contribution in [0.15, 0.2) is 39.9 Å². The molecular formula is C18H18BrN3O2. The zero-order valence-electron chi connectivity index (χ0n) is 13.5. The Labute approximate surface area is 149 Å². The highest BCUT2D eigenvalue weighted by molar-refractivity contribution is 9.10. The number of rotatable bonds is 3. The topological polar surface area (TPSA) is 53.0 Å². The summed E-state index contributed by atoms with van der Waals surface area (Å²) in [5, 5.41) is 5.28. The van der Waals surface area contributed by atoms with Crippen LogP contribution in [-0.4, -0.2) is 37.1 Å². The molecule has 6 heteroatoms. The molecule has 2 aliphatic carbocycles. The fourth-order valence-corrected chi connectivity index (χ4v) is 4.84. The van der Waals surface area contributed by atoms with Crippen LogP contribution in [-0.2, 0) is 9.59 Å². The molecule has 1 heterocycles. The molecule has 1 aromatic rings. The molecule has 24 heavy (non-hydrogen) atoms. The molecule has 1 saturated carbocycles. The molecule has 1 aromatic carbocycles. The molecule has 4 rings (SSSR count). The highest BCUT2D eigenvalue weighted by atomic mass is 79.9. The molecule has 4 atom stereocenters. The number of benzene rings is 1. The molecule has 2 fully saturated rings. The van der Waals surface area contributed by atoms with Crippen LogP contribution in [0, 0.1) is 23.7 Å². The van der Waals surface area contributed by atoms with E-state index in [1.807, 2.05) is 37.2 Å². The summed E-state index contributed by atoms with van der Waals surface area (Å²) in [7, 11) is 3.94. The minimum Gasteiger partial charge on any atom is -0.377 e. The average molecular weight is 388 g/mol. The second-order valence-corrected chi connectivity index (χ2v) is 7.69. The van der Waals surface area contributed by atoms with Crippen LogP contribution >= 0.6 is 15.9 Å². The zero-order chi connectivity index (χ0) is 17.0. The standard InChI is InChI=1S/C18H18BrN3O2/c1-21(2)14-6-3-10(7-13(14)19)9-20-22-17(23)15-11-4-5-12(8-11)16(15)18(22)24/h3-7,9,11-12,15-16H,8H2,1-2H3/b20-9-/t11-,12+,15-,16+. The van der Waals surface area contributed by atoms with Crippen LogP contribution in [0.4, 0.5) is 5.69 Å². The molecule has 0 N–H and O–H groups in total. The van der Waals surface area contributed by atoms with Gasteiger partial charge in [0.2, 0.25) is 0 Å². The first-order chi connectivity index (χ1) is 11.5. The van der Waals surface area contributed by atoms with Gasteiger partial charge in [-0.2, -0.15) is 10.1 Å². The van der Waals surface area contributed by atoms with Crippen molar-refractivity contribution in [3.63, 3.8) is 0 Å². The van der Waals surface area contributed by atoms with E-state index < -0.39 is 0 Å². The van der Waals surface area contributed by atoms with E-state index in [2.05, 4.69) is 33.2 Å². The Hall–Kier alpha value is -1.95. The predicted octanol–water partition coefficient (Wildman–Crippen LogP) is 2.66. The van der Waals surface area contributed by atoms with Crippen molar-refractivity contribution in [1.29, 1.82) is 0 Å². The Morgan fingerprint density at radius 2 is 1.79 bits per heavy atom. The molecule has 0 spiro atoms. The molecule has 0 aromatic heterocycles. The van der Waals surface area contributed by atoms with Crippen molar-refractivity contribution in [3.05, 3.63) is 40.4 Å². The van der Waals surface area contributed by atoms with Gasteiger partial charge in [-0.3, -0.25) is 9.59 Å². The van der Waals surface area contributed by atoms with Gasteiger partial charge in [0.1, 0.15) is 0 Å². The van der Waals surface area contributed by atoms with Crippen LogP contribution in [0.2, 0.25) is 0 Å². The van der Waals surface area contributed by atoms with Gasteiger partial charge >= 0.3 is 0 Å². The van der Waals surface area contributed by atoms with Crippen molar-refractivity contribution in [2.75, 3.05) is 19.0 Å². The summed E-state index contributed by atoms with van der Waals surface area (Å²) >= 11 is 3.53. The third-order valence-corrected chi connectivity index (χ3v) is 5.86. The molecule has 0 radical (unpaired) electrons. The lowest BCUT2D eigenvalue weighted by molar-refractivity contribution is -0.140. The van der Waals surface area contributed by atoms with Crippen LogP contribution < -0.4 is 4.90 Å². The van der Waals surface area contributed by atoms with Crippen LogP contribution in [0.5, 0.6) is 0 Å². The lowest BCUT2D eigenvalue weighted by Crippen LogP contribution is -2.28. The van der Waals surface area contributed by atoms with Crippen LogP contribution in [0.3, 0.4) is 0 Å². The maximum Gasteiger partial charge on any atom is 0.254 e. The number of carbonyl (C=O) groups is 2. The van der Waals surface area contributed by atoms with E-state index in [9.17, 15) is 9.59 Å². The number of amides is 2. The molecule has 124 valence electrons. The van der Waals surface area contributed by atoms with Gasteiger partial charge in [-0.05, 0) is 51.9 Å². The fourth-order valence-electron chi connectivity index (χ4n) is 4.09. The highest BCUT2D eigenvalue weighted by Gasteiger charge is 2.59. The number of anilines is 1. The van der Waals surface area contributed by atoms with E-state index >= 15 is 0 Å². The van der Waals surface area contributed by atoms with Crippen molar-refractivity contribution in [1.82, 2.24) is 5.01 Å². The fraction of sp³-hybridized carbons (Fsp3) is 0.389. The highest BCUT2D eigenvalue weighted by Crippen LogP contribution is 2.52. The summed E-state index contributed by atoms with van der Waals surface area (Å²) in [6, 6.07) is 5.81. The number of carbonyl (C=O) groups excluding carboxylic acids is 2. The summed E-state index contributed by atoms with van der Waals surface area (Å²) in [5.41, 5.74) is 1.89. The maximum absolute atomic E-state index is 12.6. The minimum atomic E-state index is -0.201. The third-order valence-electron chi connectivity index (χ3n) is 5.22. The monoisotopic (exact) mass is 387 g/mol. The predicted molar refractivity (Wildman–Crippen MR) is 95.6 cm³/mol. The second kappa shape index (κ2) is 5.55. The van der Waals surface area contributed by atoms with Crippen LogP contribution in [0.1, 0.15) is 12.0 Å². The van der Waals surface area contributed by atoms with E-state index in [-0.39, 0.29) is 35.5 Å². The second-order valence-electron chi connectivity index (χ2n) is 6.84. The van der Waals surface area contributed by atoms with Crippen molar-refractivity contribution >= 4 is 39.6 Å². The summed E-state index contributed by atoms with van der Waals surface area (Å²) < 4.78 is 0.939. The Morgan fingerprint density at radius 1 is 1.17 bits per heavy atom. The molecule has 2 amide bonds.